The molecular formula is C30H34O4. The molecule has 1 fully saturated rings. The monoisotopic (exact) mass is 458 g/mol. The molecule has 2 heterocycles. The van der Waals surface area contributed by atoms with Gasteiger partial charge < -0.3 is 18.9 Å². The Kier molecular flexibility index (Phi) is 6.51. The Morgan fingerprint density at radius 1 is 0.882 bits per heavy atom. The standard InChI is InChI=1S/C30H34O4/c1-5-22-16-33-29-15-25(8-9-28(22)29)32-17-24-14-23(7-6-19(24)2)30-20(3)12-27(13-21(30)4)34-26-10-11-31-18-26/h6-9,12-15,22,26H,5,10-11,16-18H2,1-4H3. The van der Waals surface area contributed by atoms with E-state index in [1.54, 1.807) is 0 Å². The summed E-state index contributed by atoms with van der Waals surface area (Å²) in [4.78, 5) is 0. The van der Waals surface area contributed by atoms with E-state index in [1.807, 2.05) is 6.07 Å². The van der Waals surface area contributed by atoms with Crippen molar-refractivity contribution >= 4 is 0 Å². The van der Waals surface area contributed by atoms with Crippen LogP contribution >= 0.6 is 0 Å². The van der Waals surface area contributed by atoms with Gasteiger partial charge in [0.25, 0.3) is 0 Å². The van der Waals surface area contributed by atoms with Crippen LogP contribution in [0.1, 0.15) is 53.5 Å². The number of hydrogen-bond acceptors (Lipinski definition) is 4. The Hall–Kier alpha value is -2.98. The lowest BCUT2D eigenvalue weighted by atomic mass is 9.93. The molecule has 0 aliphatic carbocycles. The van der Waals surface area contributed by atoms with Gasteiger partial charge in [-0.3, -0.25) is 0 Å². The van der Waals surface area contributed by atoms with Crippen molar-refractivity contribution in [3.05, 3.63) is 76.3 Å². The first-order chi connectivity index (χ1) is 16.5. The third-order valence-corrected chi connectivity index (χ3v) is 7.09. The second kappa shape index (κ2) is 9.71. The molecule has 0 aromatic heterocycles. The van der Waals surface area contributed by atoms with Crippen LogP contribution in [0, 0.1) is 20.8 Å². The predicted octanol–water partition coefficient (Wildman–Crippen LogP) is 6.91. The highest BCUT2D eigenvalue weighted by molar-refractivity contribution is 5.73. The number of ether oxygens (including phenoxy) is 4. The van der Waals surface area contributed by atoms with Gasteiger partial charge in [0.15, 0.2) is 0 Å². The molecule has 34 heavy (non-hydrogen) atoms. The molecule has 1 saturated heterocycles. The van der Waals surface area contributed by atoms with E-state index < -0.39 is 0 Å². The molecule has 2 aliphatic rings. The van der Waals surface area contributed by atoms with Crippen LogP contribution in [0.15, 0.2) is 48.5 Å². The van der Waals surface area contributed by atoms with Crippen LogP contribution in [0.5, 0.6) is 17.2 Å². The van der Waals surface area contributed by atoms with Crippen molar-refractivity contribution < 1.29 is 18.9 Å². The molecule has 0 N–H and O–H groups in total. The van der Waals surface area contributed by atoms with E-state index in [0.717, 1.165) is 43.3 Å². The average molecular weight is 459 g/mol. The van der Waals surface area contributed by atoms with Crippen molar-refractivity contribution in [1.29, 1.82) is 0 Å². The fraction of sp³-hybridized carbons (Fsp3) is 0.400. The minimum absolute atomic E-state index is 0.158. The van der Waals surface area contributed by atoms with Gasteiger partial charge in [0.2, 0.25) is 0 Å². The third-order valence-electron chi connectivity index (χ3n) is 7.09. The largest absolute Gasteiger partial charge is 0.493 e. The topological polar surface area (TPSA) is 36.9 Å². The van der Waals surface area contributed by atoms with Crippen molar-refractivity contribution in [3.8, 4) is 28.4 Å². The lowest BCUT2D eigenvalue weighted by Gasteiger charge is -2.18. The first kappa shape index (κ1) is 22.8. The summed E-state index contributed by atoms with van der Waals surface area (Å²) in [5, 5.41) is 0. The van der Waals surface area contributed by atoms with Gasteiger partial charge in [-0.15, -0.1) is 0 Å². The molecule has 2 atom stereocenters. The lowest BCUT2D eigenvalue weighted by molar-refractivity contribution is 0.141. The fourth-order valence-electron chi connectivity index (χ4n) is 5.07. The summed E-state index contributed by atoms with van der Waals surface area (Å²) < 4.78 is 23.7. The molecule has 0 radical (unpaired) electrons. The molecule has 4 nitrogen and oxygen atoms in total. The third kappa shape index (κ3) is 4.65. The molecule has 2 aliphatic heterocycles. The Morgan fingerprint density at radius 3 is 2.44 bits per heavy atom. The van der Waals surface area contributed by atoms with Crippen LogP contribution in [0.2, 0.25) is 0 Å². The van der Waals surface area contributed by atoms with Gasteiger partial charge in [0.1, 0.15) is 30.0 Å². The van der Waals surface area contributed by atoms with E-state index in [4.69, 9.17) is 18.9 Å². The molecule has 3 aromatic rings. The van der Waals surface area contributed by atoms with Gasteiger partial charge in [0, 0.05) is 24.0 Å². The second-order valence-corrected chi connectivity index (χ2v) is 9.58. The number of hydrogen-bond donors (Lipinski definition) is 0. The highest BCUT2D eigenvalue weighted by atomic mass is 16.5. The Labute approximate surface area is 202 Å². The van der Waals surface area contributed by atoms with Crippen molar-refractivity contribution in [3.63, 3.8) is 0 Å². The number of rotatable bonds is 7. The summed E-state index contributed by atoms with van der Waals surface area (Å²) >= 11 is 0. The molecule has 0 spiro atoms. The Morgan fingerprint density at radius 2 is 1.71 bits per heavy atom. The normalized spacial score (nSPS) is 19.1. The van der Waals surface area contributed by atoms with Crippen LogP contribution in [-0.4, -0.2) is 25.9 Å². The fourth-order valence-corrected chi connectivity index (χ4v) is 5.07. The Balaban J connectivity index is 1.34. The van der Waals surface area contributed by atoms with E-state index in [1.165, 1.54) is 38.9 Å². The van der Waals surface area contributed by atoms with Crippen LogP contribution in [0.25, 0.3) is 11.1 Å². The van der Waals surface area contributed by atoms with E-state index in [2.05, 4.69) is 70.2 Å². The van der Waals surface area contributed by atoms with E-state index in [-0.39, 0.29) is 6.10 Å². The number of aryl methyl sites for hydroxylation is 3. The zero-order chi connectivity index (χ0) is 23.7. The Bertz CT molecular complexity index is 1150. The summed E-state index contributed by atoms with van der Waals surface area (Å²) in [7, 11) is 0. The molecule has 5 rings (SSSR count). The first-order valence-electron chi connectivity index (χ1n) is 12.4. The zero-order valence-electron chi connectivity index (χ0n) is 20.6. The molecule has 2 unspecified atom stereocenters. The van der Waals surface area contributed by atoms with Crippen LogP contribution < -0.4 is 14.2 Å². The van der Waals surface area contributed by atoms with E-state index in [0.29, 0.717) is 19.1 Å². The van der Waals surface area contributed by atoms with Crippen molar-refractivity contribution in [2.75, 3.05) is 19.8 Å². The maximum atomic E-state index is 6.20. The first-order valence-corrected chi connectivity index (χ1v) is 12.4. The van der Waals surface area contributed by atoms with Gasteiger partial charge in [0.05, 0.1) is 19.8 Å². The predicted molar refractivity (Wildman–Crippen MR) is 135 cm³/mol. The van der Waals surface area contributed by atoms with Crippen molar-refractivity contribution in [2.45, 2.75) is 59.2 Å². The summed E-state index contributed by atoms with van der Waals surface area (Å²) in [5.41, 5.74) is 8.60. The van der Waals surface area contributed by atoms with E-state index in [9.17, 15) is 0 Å². The molecule has 0 bridgehead atoms. The number of fused-ring (bicyclic) bond motifs is 1. The molecule has 0 saturated carbocycles. The van der Waals surface area contributed by atoms with Crippen LogP contribution in [0.3, 0.4) is 0 Å². The van der Waals surface area contributed by atoms with Gasteiger partial charge in [-0.1, -0.05) is 25.1 Å². The second-order valence-electron chi connectivity index (χ2n) is 9.58. The minimum atomic E-state index is 0.158. The summed E-state index contributed by atoms with van der Waals surface area (Å²) in [5.74, 6) is 3.24. The van der Waals surface area contributed by atoms with Crippen LogP contribution in [0.4, 0.5) is 0 Å². The molecule has 4 heteroatoms. The SMILES string of the molecule is CCC1COc2cc(OCc3cc(-c4c(C)cc(OC5CCOC5)cc4C)ccc3C)ccc21. The maximum absolute atomic E-state index is 6.20. The van der Waals surface area contributed by atoms with Gasteiger partial charge in [-0.2, -0.15) is 0 Å². The highest BCUT2D eigenvalue weighted by Gasteiger charge is 2.23. The lowest BCUT2D eigenvalue weighted by Crippen LogP contribution is -2.15. The molecule has 0 amide bonds. The van der Waals surface area contributed by atoms with E-state index >= 15 is 0 Å². The van der Waals surface area contributed by atoms with Crippen molar-refractivity contribution in [1.82, 2.24) is 0 Å². The molecular weight excluding hydrogens is 424 g/mol. The molecule has 3 aromatic carbocycles. The summed E-state index contributed by atoms with van der Waals surface area (Å²) in [6, 6.07) is 17.2. The highest BCUT2D eigenvalue weighted by Crippen LogP contribution is 2.38. The summed E-state index contributed by atoms with van der Waals surface area (Å²) in [6.07, 6.45) is 2.21. The zero-order valence-corrected chi connectivity index (χ0v) is 20.6. The minimum Gasteiger partial charge on any atom is -0.493 e. The number of benzene rings is 3. The van der Waals surface area contributed by atoms with Crippen LogP contribution in [-0.2, 0) is 11.3 Å². The quantitative estimate of drug-likeness (QED) is 0.385. The molecule has 178 valence electrons. The average Bonchev–Trinajstić information content (AvgIpc) is 3.48. The van der Waals surface area contributed by atoms with Crippen molar-refractivity contribution in [2.24, 2.45) is 0 Å². The summed E-state index contributed by atoms with van der Waals surface area (Å²) in [6.45, 7) is 11.4. The van der Waals surface area contributed by atoms with Gasteiger partial charge in [-0.25, -0.2) is 0 Å². The van der Waals surface area contributed by atoms with Gasteiger partial charge in [-0.05, 0) is 84.8 Å². The van der Waals surface area contributed by atoms with Gasteiger partial charge >= 0.3 is 0 Å². The smallest absolute Gasteiger partial charge is 0.126 e. The maximum Gasteiger partial charge on any atom is 0.126 e.